The van der Waals surface area contributed by atoms with Crippen LogP contribution in [0.3, 0.4) is 0 Å². The van der Waals surface area contributed by atoms with Crippen LogP contribution in [0, 0.1) is 0 Å². The molecule has 1 aromatic heterocycles. The second-order valence-corrected chi connectivity index (χ2v) is 7.79. The molecule has 24 heavy (non-hydrogen) atoms. The summed E-state index contributed by atoms with van der Waals surface area (Å²) in [6, 6.07) is 11.2. The molecule has 0 saturated carbocycles. The van der Waals surface area contributed by atoms with Gasteiger partial charge in [0.15, 0.2) is 0 Å². The van der Waals surface area contributed by atoms with Gasteiger partial charge < -0.3 is 5.32 Å². The molecule has 0 atom stereocenters. The van der Waals surface area contributed by atoms with E-state index < -0.39 is 10.0 Å². The van der Waals surface area contributed by atoms with Gasteiger partial charge in [0.2, 0.25) is 10.0 Å². The van der Waals surface area contributed by atoms with Gasteiger partial charge in [0, 0.05) is 11.6 Å². The van der Waals surface area contributed by atoms with E-state index in [2.05, 4.69) is 15.0 Å². The Kier molecular flexibility index (Phi) is 6.87. The highest BCUT2D eigenvalue weighted by Crippen LogP contribution is 2.13. The van der Waals surface area contributed by atoms with Gasteiger partial charge in [-0.05, 0) is 42.7 Å². The fraction of sp³-hybridized carbons (Fsp3) is 0.353. The molecule has 0 aliphatic heterocycles. The van der Waals surface area contributed by atoms with E-state index in [9.17, 15) is 8.42 Å². The Morgan fingerprint density at radius 3 is 2.71 bits per heavy atom. The Morgan fingerprint density at radius 1 is 1.21 bits per heavy atom. The van der Waals surface area contributed by atoms with Crippen molar-refractivity contribution in [2.24, 2.45) is 0 Å². The average molecular weight is 368 g/mol. The number of halogens is 1. The van der Waals surface area contributed by atoms with Crippen molar-refractivity contribution in [1.29, 1.82) is 0 Å². The van der Waals surface area contributed by atoms with E-state index in [1.165, 1.54) is 0 Å². The minimum atomic E-state index is -3.31. The van der Waals surface area contributed by atoms with Crippen LogP contribution in [0.4, 0.5) is 11.5 Å². The summed E-state index contributed by atoms with van der Waals surface area (Å²) in [4.78, 5) is 4.14. The second kappa shape index (κ2) is 8.89. The summed E-state index contributed by atoms with van der Waals surface area (Å²) >= 11 is 5.96. The zero-order chi connectivity index (χ0) is 17.4. The van der Waals surface area contributed by atoms with Crippen molar-refractivity contribution in [3.8, 4) is 0 Å². The molecule has 0 unspecified atom stereocenters. The van der Waals surface area contributed by atoms with Gasteiger partial charge in [-0.1, -0.05) is 37.1 Å². The maximum absolute atomic E-state index is 11.8. The number of sulfonamides is 1. The molecule has 0 aliphatic carbocycles. The molecule has 0 amide bonds. The first-order valence-corrected chi connectivity index (χ1v) is 9.96. The molecule has 1 heterocycles. The number of hydrogen-bond donors (Lipinski definition) is 2. The summed E-state index contributed by atoms with van der Waals surface area (Å²) in [6.45, 7) is 2.70. The van der Waals surface area contributed by atoms with E-state index in [1.54, 1.807) is 12.3 Å². The minimum absolute atomic E-state index is 0.116. The molecule has 2 aromatic rings. The third kappa shape index (κ3) is 6.37. The third-order valence-corrected chi connectivity index (χ3v) is 5.00. The second-order valence-electron chi connectivity index (χ2n) is 5.51. The van der Waals surface area contributed by atoms with Crippen molar-refractivity contribution in [1.82, 2.24) is 4.98 Å². The van der Waals surface area contributed by atoms with Crippen molar-refractivity contribution in [2.75, 3.05) is 22.3 Å². The molecule has 7 heteroatoms. The molecule has 0 bridgehead atoms. The number of anilines is 2. The molecule has 0 aliphatic rings. The first-order valence-electron chi connectivity index (χ1n) is 7.93. The van der Waals surface area contributed by atoms with E-state index in [0.717, 1.165) is 35.7 Å². The lowest BCUT2D eigenvalue weighted by molar-refractivity contribution is 0.597. The van der Waals surface area contributed by atoms with Gasteiger partial charge in [-0.3, -0.25) is 4.72 Å². The highest BCUT2D eigenvalue weighted by molar-refractivity contribution is 7.92. The minimum Gasteiger partial charge on any atom is -0.383 e. The summed E-state index contributed by atoms with van der Waals surface area (Å²) in [7, 11) is -3.31. The van der Waals surface area contributed by atoms with E-state index >= 15 is 0 Å². The van der Waals surface area contributed by atoms with Crippen LogP contribution in [0.25, 0.3) is 0 Å². The molecule has 130 valence electrons. The van der Waals surface area contributed by atoms with Crippen molar-refractivity contribution in [3.05, 3.63) is 53.2 Å². The van der Waals surface area contributed by atoms with Crippen LogP contribution >= 0.6 is 11.6 Å². The molecule has 5 nitrogen and oxygen atoms in total. The smallest absolute Gasteiger partial charge is 0.233 e. The van der Waals surface area contributed by atoms with Gasteiger partial charge in [-0.25, -0.2) is 13.4 Å². The zero-order valence-electron chi connectivity index (χ0n) is 13.6. The normalized spacial score (nSPS) is 11.2. The Bertz CT molecular complexity index is 749. The van der Waals surface area contributed by atoms with Gasteiger partial charge in [0.05, 0.1) is 17.6 Å². The van der Waals surface area contributed by atoms with Gasteiger partial charge in [0.25, 0.3) is 0 Å². The highest BCUT2D eigenvalue weighted by atomic mass is 35.5. The lowest BCUT2D eigenvalue weighted by Gasteiger charge is -2.09. The fourth-order valence-electron chi connectivity index (χ4n) is 2.15. The standard InChI is InChI=1S/C17H22ClN3O2S/c1-2-3-11-24(22,23)21-17-8-7-16(13-20-17)19-10-9-14-5-4-6-15(18)12-14/h4-8,12-13,19H,2-3,9-11H2,1H3,(H,20,21). The van der Waals surface area contributed by atoms with E-state index in [1.807, 2.05) is 37.3 Å². The molecule has 0 spiro atoms. The number of aromatic nitrogens is 1. The maximum atomic E-state index is 11.8. The number of unbranched alkanes of at least 4 members (excludes halogenated alkanes) is 1. The average Bonchev–Trinajstić information content (AvgIpc) is 2.54. The summed E-state index contributed by atoms with van der Waals surface area (Å²) in [6.07, 6.45) is 3.93. The van der Waals surface area contributed by atoms with Crippen molar-refractivity contribution in [3.63, 3.8) is 0 Å². The Balaban J connectivity index is 1.83. The molecule has 0 fully saturated rings. The number of rotatable bonds is 9. The van der Waals surface area contributed by atoms with Crippen LogP contribution in [-0.2, 0) is 16.4 Å². The summed E-state index contributed by atoms with van der Waals surface area (Å²) < 4.78 is 26.1. The van der Waals surface area contributed by atoms with Crippen LogP contribution in [0.5, 0.6) is 0 Å². The number of hydrogen-bond acceptors (Lipinski definition) is 4. The molecular formula is C17H22ClN3O2S. The monoisotopic (exact) mass is 367 g/mol. The number of pyridine rings is 1. The van der Waals surface area contributed by atoms with Gasteiger partial charge in [-0.15, -0.1) is 0 Å². The number of benzene rings is 1. The molecule has 2 rings (SSSR count). The van der Waals surface area contributed by atoms with Crippen LogP contribution in [0.2, 0.25) is 5.02 Å². The van der Waals surface area contributed by atoms with E-state index in [-0.39, 0.29) is 5.75 Å². The Labute approximate surface area is 148 Å². The largest absolute Gasteiger partial charge is 0.383 e. The van der Waals surface area contributed by atoms with E-state index in [4.69, 9.17) is 11.6 Å². The third-order valence-electron chi connectivity index (χ3n) is 3.42. The summed E-state index contributed by atoms with van der Waals surface area (Å²) in [5, 5.41) is 3.98. The van der Waals surface area contributed by atoms with Gasteiger partial charge in [0.1, 0.15) is 5.82 Å². The Morgan fingerprint density at radius 2 is 2.04 bits per heavy atom. The summed E-state index contributed by atoms with van der Waals surface area (Å²) in [5.74, 6) is 0.455. The predicted octanol–water partition coefficient (Wildman–Crippen LogP) is 3.93. The highest BCUT2D eigenvalue weighted by Gasteiger charge is 2.10. The van der Waals surface area contributed by atoms with Crippen molar-refractivity contribution < 1.29 is 8.42 Å². The van der Waals surface area contributed by atoms with Crippen LogP contribution in [0.1, 0.15) is 25.3 Å². The predicted molar refractivity (Wildman–Crippen MR) is 100 cm³/mol. The van der Waals surface area contributed by atoms with Gasteiger partial charge in [-0.2, -0.15) is 0 Å². The molecule has 1 aromatic carbocycles. The topological polar surface area (TPSA) is 71.1 Å². The summed E-state index contributed by atoms with van der Waals surface area (Å²) in [5.41, 5.74) is 2.00. The first-order chi connectivity index (χ1) is 11.5. The van der Waals surface area contributed by atoms with Crippen molar-refractivity contribution in [2.45, 2.75) is 26.2 Å². The lowest BCUT2D eigenvalue weighted by Crippen LogP contribution is -2.17. The van der Waals surface area contributed by atoms with Crippen LogP contribution < -0.4 is 10.0 Å². The van der Waals surface area contributed by atoms with E-state index in [0.29, 0.717) is 12.2 Å². The quantitative estimate of drug-likeness (QED) is 0.704. The lowest BCUT2D eigenvalue weighted by atomic mass is 10.1. The van der Waals surface area contributed by atoms with Crippen LogP contribution in [0.15, 0.2) is 42.6 Å². The SMILES string of the molecule is CCCCS(=O)(=O)Nc1ccc(NCCc2cccc(Cl)c2)cn1. The zero-order valence-corrected chi connectivity index (χ0v) is 15.2. The molecular weight excluding hydrogens is 346 g/mol. The number of nitrogens with zero attached hydrogens (tertiary/aromatic N) is 1. The first kappa shape index (κ1) is 18.5. The van der Waals surface area contributed by atoms with Gasteiger partial charge >= 0.3 is 0 Å². The maximum Gasteiger partial charge on any atom is 0.233 e. The fourth-order valence-corrected chi connectivity index (χ4v) is 3.57. The van der Waals surface area contributed by atoms with Crippen molar-refractivity contribution >= 4 is 33.1 Å². The van der Waals surface area contributed by atoms with Crippen LogP contribution in [-0.4, -0.2) is 25.7 Å². The Hall–Kier alpha value is -1.79. The molecule has 0 radical (unpaired) electrons. The molecule has 2 N–H and O–H groups in total. The molecule has 0 saturated heterocycles. The number of nitrogens with one attached hydrogen (secondary N) is 2.